The van der Waals surface area contributed by atoms with Crippen LogP contribution in [0.4, 0.5) is 10.5 Å². The number of hydrogen-bond acceptors (Lipinski definition) is 5. The van der Waals surface area contributed by atoms with Crippen molar-refractivity contribution in [2.24, 2.45) is 0 Å². The van der Waals surface area contributed by atoms with Crippen LogP contribution in [0.5, 0.6) is 5.75 Å². The molecule has 7 heteroatoms. The summed E-state index contributed by atoms with van der Waals surface area (Å²) < 4.78 is 5.23. The Hall–Kier alpha value is -4.15. The van der Waals surface area contributed by atoms with E-state index in [4.69, 9.17) is 4.74 Å². The Labute approximate surface area is 236 Å². The molecule has 1 aromatic heterocycles. The fraction of sp³-hybridized carbons (Fsp3) is 0.364. The summed E-state index contributed by atoms with van der Waals surface area (Å²) in [6.45, 7) is 4.02. The first-order valence-electron chi connectivity index (χ1n) is 14.0. The fourth-order valence-electron chi connectivity index (χ4n) is 5.84. The van der Waals surface area contributed by atoms with E-state index in [-0.39, 0.29) is 29.8 Å². The molecule has 2 aliphatic rings. The van der Waals surface area contributed by atoms with Gasteiger partial charge < -0.3 is 19.7 Å². The van der Waals surface area contributed by atoms with E-state index < -0.39 is 0 Å². The molecular weight excluding hydrogens is 500 g/mol. The molecule has 7 nitrogen and oxygen atoms in total. The standard InChI is InChI=1S/C33H36N4O3/c1-24(38)8-19-30-32(26-12-9-25(10-13-26)11-14-27-7-3-4-20-34-27)31-23-36(21-5-6-22-37(30)31)33(39)35-28-15-17-29(40-2)18-16-28/h3-4,7,9-10,12-13,15-18,20,30-32H,5-6,8,19,21-23H2,1-2H3,(H,35,39)/t30-,31+,32+/m1/s1. The summed E-state index contributed by atoms with van der Waals surface area (Å²) in [6, 6.07) is 21.9. The zero-order chi connectivity index (χ0) is 27.9. The number of nitrogens with zero attached hydrogens (tertiary/aromatic N) is 3. The number of ketones is 1. The molecule has 0 spiro atoms. The molecule has 0 saturated carbocycles. The predicted molar refractivity (Wildman–Crippen MR) is 156 cm³/mol. The molecule has 40 heavy (non-hydrogen) atoms. The lowest BCUT2D eigenvalue weighted by Crippen LogP contribution is -2.67. The molecular formula is C33H36N4O3. The van der Waals surface area contributed by atoms with Crippen LogP contribution in [0.25, 0.3) is 0 Å². The summed E-state index contributed by atoms with van der Waals surface area (Å²) in [5.41, 5.74) is 3.66. The summed E-state index contributed by atoms with van der Waals surface area (Å²) in [6.07, 6.45) is 5.11. The molecule has 0 aliphatic carbocycles. The van der Waals surface area contributed by atoms with Crippen LogP contribution in [-0.4, -0.2) is 65.4 Å². The van der Waals surface area contributed by atoms with Gasteiger partial charge in [0.2, 0.25) is 0 Å². The molecule has 2 saturated heterocycles. The van der Waals surface area contributed by atoms with Crippen molar-refractivity contribution in [1.29, 1.82) is 0 Å². The van der Waals surface area contributed by atoms with Gasteiger partial charge in [0.05, 0.1) is 7.11 Å². The number of ether oxygens (including phenoxy) is 1. The van der Waals surface area contributed by atoms with Crippen LogP contribution in [0, 0.1) is 11.8 Å². The van der Waals surface area contributed by atoms with Crippen LogP contribution in [-0.2, 0) is 4.79 Å². The highest BCUT2D eigenvalue weighted by Gasteiger charge is 2.49. The fourth-order valence-corrected chi connectivity index (χ4v) is 5.84. The van der Waals surface area contributed by atoms with Crippen molar-refractivity contribution in [1.82, 2.24) is 14.8 Å². The van der Waals surface area contributed by atoms with Crippen LogP contribution in [0.2, 0.25) is 0 Å². The van der Waals surface area contributed by atoms with E-state index in [9.17, 15) is 9.59 Å². The van der Waals surface area contributed by atoms with Crippen molar-refractivity contribution in [2.75, 3.05) is 32.1 Å². The van der Waals surface area contributed by atoms with Crippen LogP contribution in [0.15, 0.2) is 72.9 Å². The van der Waals surface area contributed by atoms with Crippen molar-refractivity contribution in [3.8, 4) is 17.6 Å². The van der Waals surface area contributed by atoms with E-state index in [2.05, 4.69) is 51.3 Å². The molecule has 3 heterocycles. The summed E-state index contributed by atoms with van der Waals surface area (Å²) in [5.74, 6) is 7.54. The van der Waals surface area contributed by atoms with E-state index in [0.29, 0.717) is 13.0 Å². The van der Waals surface area contributed by atoms with Crippen LogP contribution in [0.3, 0.4) is 0 Å². The summed E-state index contributed by atoms with van der Waals surface area (Å²) in [4.78, 5) is 34.0. The van der Waals surface area contributed by atoms with Crippen molar-refractivity contribution in [3.63, 3.8) is 0 Å². The second kappa shape index (κ2) is 12.8. The maximum Gasteiger partial charge on any atom is 0.321 e. The van der Waals surface area contributed by atoms with Crippen LogP contribution in [0.1, 0.15) is 55.3 Å². The number of fused-ring (bicyclic) bond motifs is 1. The predicted octanol–water partition coefficient (Wildman–Crippen LogP) is 5.32. The van der Waals surface area contributed by atoms with Crippen molar-refractivity contribution < 1.29 is 14.3 Å². The first-order valence-corrected chi connectivity index (χ1v) is 14.0. The molecule has 2 amide bonds. The molecule has 3 aromatic rings. The minimum absolute atomic E-state index is 0.0851. The quantitative estimate of drug-likeness (QED) is 0.432. The highest BCUT2D eigenvalue weighted by molar-refractivity contribution is 5.89. The third-order valence-electron chi connectivity index (χ3n) is 7.90. The lowest BCUT2D eigenvalue weighted by atomic mass is 9.72. The Morgan fingerprint density at radius 1 is 1.00 bits per heavy atom. The van der Waals surface area contributed by atoms with Gasteiger partial charge in [0.15, 0.2) is 0 Å². The Bertz CT molecular complexity index is 1360. The maximum absolute atomic E-state index is 13.3. The average molecular weight is 537 g/mol. The first kappa shape index (κ1) is 27.4. The molecule has 3 atom stereocenters. The number of anilines is 1. The second-order valence-electron chi connectivity index (χ2n) is 10.5. The number of rotatable bonds is 6. The molecule has 0 unspecified atom stereocenters. The van der Waals surface area contributed by atoms with Gasteiger partial charge in [-0.25, -0.2) is 9.78 Å². The number of urea groups is 1. The minimum atomic E-state index is -0.0851. The smallest absolute Gasteiger partial charge is 0.321 e. The summed E-state index contributed by atoms with van der Waals surface area (Å²) in [5, 5.41) is 3.06. The van der Waals surface area contributed by atoms with Crippen molar-refractivity contribution in [3.05, 3.63) is 89.7 Å². The number of methoxy groups -OCH3 is 1. The number of nitrogens with one attached hydrogen (secondary N) is 1. The molecule has 5 rings (SSSR count). The summed E-state index contributed by atoms with van der Waals surface area (Å²) in [7, 11) is 1.63. The molecule has 2 aromatic carbocycles. The van der Waals surface area contributed by atoms with Crippen LogP contribution < -0.4 is 10.1 Å². The third kappa shape index (κ3) is 6.52. The highest BCUT2D eigenvalue weighted by atomic mass is 16.5. The second-order valence-corrected chi connectivity index (χ2v) is 10.5. The number of aromatic nitrogens is 1. The number of carbonyl (C=O) groups is 2. The van der Waals surface area contributed by atoms with Gasteiger partial charge in [0.25, 0.3) is 0 Å². The molecule has 0 bridgehead atoms. The third-order valence-corrected chi connectivity index (χ3v) is 7.90. The lowest BCUT2D eigenvalue weighted by molar-refractivity contribution is -0.118. The number of amides is 2. The Morgan fingerprint density at radius 2 is 1.77 bits per heavy atom. The topological polar surface area (TPSA) is 74.8 Å². The van der Waals surface area contributed by atoms with Gasteiger partial charge in [-0.05, 0) is 92.7 Å². The monoisotopic (exact) mass is 536 g/mol. The molecule has 1 N–H and O–H groups in total. The SMILES string of the molecule is COc1ccc(NC(=O)N2CCCCN3[C@H](CCC(C)=O)[C@H](c4ccc(C#Cc5ccccn5)cc4)[C@@H]3C2)cc1. The number of hydrogen-bond donors (Lipinski definition) is 1. The van der Waals surface area contributed by atoms with Gasteiger partial charge in [-0.3, -0.25) is 4.90 Å². The van der Waals surface area contributed by atoms with E-state index in [1.807, 2.05) is 47.4 Å². The first-order chi connectivity index (χ1) is 19.5. The molecule has 0 radical (unpaired) electrons. The Kier molecular flexibility index (Phi) is 8.78. The zero-order valence-corrected chi connectivity index (χ0v) is 23.2. The largest absolute Gasteiger partial charge is 0.497 e. The van der Waals surface area contributed by atoms with E-state index >= 15 is 0 Å². The zero-order valence-electron chi connectivity index (χ0n) is 23.2. The maximum atomic E-state index is 13.3. The van der Waals surface area contributed by atoms with Gasteiger partial charge in [-0.1, -0.05) is 24.1 Å². The minimum Gasteiger partial charge on any atom is -0.497 e. The van der Waals surface area contributed by atoms with Gasteiger partial charge in [0, 0.05) is 55.0 Å². The molecule has 2 fully saturated rings. The Morgan fingerprint density at radius 3 is 2.48 bits per heavy atom. The number of pyridine rings is 1. The number of benzene rings is 2. The highest BCUT2D eigenvalue weighted by Crippen LogP contribution is 2.44. The van der Waals surface area contributed by atoms with Gasteiger partial charge in [-0.2, -0.15) is 0 Å². The van der Waals surface area contributed by atoms with Crippen LogP contribution >= 0.6 is 0 Å². The Balaban J connectivity index is 1.34. The number of carbonyl (C=O) groups excluding carboxylic acids is 2. The molecule has 206 valence electrons. The summed E-state index contributed by atoms with van der Waals surface area (Å²) >= 11 is 0. The van der Waals surface area contributed by atoms with E-state index in [0.717, 1.165) is 55.0 Å². The normalized spacial score (nSPS) is 20.6. The van der Waals surface area contributed by atoms with Gasteiger partial charge >= 0.3 is 6.03 Å². The van der Waals surface area contributed by atoms with Crippen molar-refractivity contribution in [2.45, 2.75) is 50.6 Å². The van der Waals surface area contributed by atoms with E-state index in [1.54, 1.807) is 20.2 Å². The molecule has 2 aliphatic heterocycles. The average Bonchev–Trinajstić information content (AvgIpc) is 2.96. The van der Waals surface area contributed by atoms with Gasteiger partial charge in [-0.15, -0.1) is 0 Å². The lowest BCUT2D eigenvalue weighted by Gasteiger charge is -2.58. The van der Waals surface area contributed by atoms with E-state index in [1.165, 1.54) is 5.56 Å². The van der Waals surface area contributed by atoms with Gasteiger partial charge in [0.1, 0.15) is 17.2 Å². The van der Waals surface area contributed by atoms with Crippen molar-refractivity contribution >= 4 is 17.5 Å². The number of Topliss-reactive ketones (excluding diaryl/α,β-unsaturated/α-hetero) is 1.